The lowest BCUT2D eigenvalue weighted by Gasteiger charge is -2.38. The third kappa shape index (κ3) is 5.06. The number of amides is 2. The topological polar surface area (TPSA) is 89.1 Å². The molecule has 2 saturated heterocycles. The van der Waals surface area contributed by atoms with Crippen LogP contribution in [0.3, 0.4) is 0 Å². The second-order valence-electron chi connectivity index (χ2n) is 8.53. The summed E-state index contributed by atoms with van der Waals surface area (Å²) < 4.78 is 16.1. The molecule has 0 radical (unpaired) electrons. The highest BCUT2D eigenvalue weighted by Crippen LogP contribution is 2.39. The van der Waals surface area contributed by atoms with Crippen LogP contribution in [0.2, 0.25) is 0 Å². The lowest BCUT2D eigenvalue weighted by molar-refractivity contribution is -0.118. The Balaban J connectivity index is 1.37. The number of nitrogens with one attached hydrogen (secondary N) is 2. The number of piperidine rings is 1. The first kappa shape index (κ1) is 22.9. The molecule has 0 aliphatic carbocycles. The number of anilines is 1. The Morgan fingerprint density at radius 1 is 0.939 bits per heavy atom. The molecule has 2 bridgehead atoms. The van der Waals surface area contributed by atoms with Gasteiger partial charge in [-0.05, 0) is 49.9 Å². The molecule has 2 amide bonds. The van der Waals surface area contributed by atoms with E-state index in [1.807, 2.05) is 30.3 Å². The second kappa shape index (κ2) is 10.1. The van der Waals surface area contributed by atoms with Gasteiger partial charge in [-0.3, -0.25) is 14.5 Å². The molecule has 8 nitrogen and oxygen atoms in total. The molecule has 0 spiro atoms. The third-order valence-corrected chi connectivity index (χ3v) is 6.53. The molecule has 2 aliphatic heterocycles. The summed E-state index contributed by atoms with van der Waals surface area (Å²) in [5.74, 6) is 1.17. The van der Waals surface area contributed by atoms with Crippen molar-refractivity contribution in [3.8, 4) is 17.2 Å². The minimum absolute atomic E-state index is 0.00184. The van der Waals surface area contributed by atoms with Gasteiger partial charge in [0.1, 0.15) is 0 Å². The molecule has 1 unspecified atom stereocenters. The molecule has 0 saturated carbocycles. The first-order valence-corrected chi connectivity index (χ1v) is 11.2. The number of para-hydroxylation sites is 1. The number of nitrogens with zero attached hydrogens (tertiary/aromatic N) is 1. The Kier molecular flexibility index (Phi) is 7.03. The zero-order chi connectivity index (χ0) is 23.4. The van der Waals surface area contributed by atoms with E-state index in [1.165, 1.54) is 21.3 Å². The molecule has 2 aromatic carbocycles. The second-order valence-corrected chi connectivity index (χ2v) is 8.53. The van der Waals surface area contributed by atoms with Gasteiger partial charge in [0.25, 0.3) is 5.91 Å². The van der Waals surface area contributed by atoms with Gasteiger partial charge < -0.3 is 24.8 Å². The molecule has 4 rings (SSSR count). The Bertz CT molecular complexity index is 958. The molecule has 176 valence electrons. The summed E-state index contributed by atoms with van der Waals surface area (Å²) in [6.07, 6.45) is 3.73. The molecule has 2 aliphatic rings. The molecule has 2 N–H and O–H groups in total. The fraction of sp³-hybridized carbons (Fsp3) is 0.440. The van der Waals surface area contributed by atoms with Crippen LogP contribution >= 0.6 is 0 Å². The highest BCUT2D eigenvalue weighted by Gasteiger charge is 2.41. The number of rotatable bonds is 8. The van der Waals surface area contributed by atoms with E-state index in [4.69, 9.17) is 14.2 Å². The van der Waals surface area contributed by atoms with Gasteiger partial charge in [-0.1, -0.05) is 18.2 Å². The molecule has 8 heteroatoms. The summed E-state index contributed by atoms with van der Waals surface area (Å²) in [7, 11) is 4.59. The van der Waals surface area contributed by atoms with Gasteiger partial charge in [0.05, 0.1) is 27.9 Å². The predicted octanol–water partition coefficient (Wildman–Crippen LogP) is 3.08. The minimum atomic E-state index is -0.172. The number of carbonyl (C=O) groups excluding carboxylic acids is 2. The van der Waals surface area contributed by atoms with Crippen LogP contribution in [0.1, 0.15) is 36.0 Å². The maximum atomic E-state index is 13.0. The van der Waals surface area contributed by atoms with E-state index in [-0.39, 0.29) is 29.9 Å². The Morgan fingerprint density at radius 3 is 2.09 bits per heavy atom. The zero-order valence-corrected chi connectivity index (χ0v) is 19.3. The van der Waals surface area contributed by atoms with Crippen LogP contribution < -0.4 is 24.8 Å². The average molecular weight is 454 g/mol. The van der Waals surface area contributed by atoms with Gasteiger partial charge in [0, 0.05) is 29.4 Å². The SMILES string of the molecule is COc1cc(C(=O)NC2C[C@H]3CC[C@@H](C2)N3CC(=O)Nc2ccccc2)cc(OC)c1OC. The van der Waals surface area contributed by atoms with Crippen molar-refractivity contribution in [2.45, 2.75) is 43.8 Å². The zero-order valence-electron chi connectivity index (χ0n) is 19.3. The summed E-state index contributed by atoms with van der Waals surface area (Å²) in [4.78, 5) is 27.9. The first-order valence-electron chi connectivity index (χ1n) is 11.2. The van der Waals surface area contributed by atoms with Crippen LogP contribution in [0.15, 0.2) is 42.5 Å². The van der Waals surface area contributed by atoms with Crippen LogP contribution in [0.4, 0.5) is 5.69 Å². The minimum Gasteiger partial charge on any atom is -0.493 e. The van der Waals surface area contributed by atoms with Gasteiger partial charge in [0.2, 0.25) is 11.7 Å². The fourth-order valence-corrected chi connectivity index (χ4v) is 5.02. The molecule has 3 atom stereocenters. The molecule has 2 aromatic rings. The van der Waals surface area contributed by atoms with Crippen molar-refractivity contribution in [1.82, 2.24) is 10.2 Å². The average Bonchev–Trinajstić information content (AvgIpc) is 3.05. The van der Waals surface area contributed by atoms with Crippen LogP contribution in [0.5, 0.6) is 17.2 Å². The van der Waals surface area contributed by atoms with E-state index in [2.05, 4.69) is 15.5 Å². The van der Waals surface area contributed by atoms with Crippen molar-refractivity contribution < 1.29 is 23.8 Å². The van der Waals surface area contributed by atoms with E-state index < -0.39 is 0 Å². The normalized spacial score (nSPS) is 21.8. The lowest BCUT2D eigenvalue weighted by Crippen LogP contribution is -2.52. The highest BCUT2D eigenvalue weighted by molar-refractivity contribution is 5.96. The molecule has 2 heterocycles. The van der Waals surface area contributed by atoms with Crippen LogP contribution in [-0.2, 0) is 4.79 Å². The predicted molar refractivity (Wildman–Crippen MR) is 125 cm³/mol. The van der Waals surface area contributed by atoms with Gasteiger partial charge >= 0.3 is 0 Å². The monoisotopic (exact) mass is 453 g/mol. The van der Waals surface area contributed by atoms with Crippen molar-refractivity contribution in [2.75, 3.05) is 33.2 Å². The number of benzene rings is 2. The largest absolute Gasteiger partial charge is 0.493 e. The van der Waals surface area contributed by atoms with Crippen LogP contribution in [0.25, 0.3) is 0 Å². The summed E-state index contributed by atoms with van der Waals surface area (Å²) in [5.41, 5.74) is 1.27. The van der Waals surface area contributed by atoms with Gasteiger partial charge in [-0.2, -0.15) is 0 Å². The fourth-order valence-electron chi connectivity index (χ4n) is 5.02. The lowest BCUT2D eigenvalue weighted by atomic mass is 9.96. The quantitative estimate of drug-likeness (QED) is 0.639. The van der Waals surface area contributed by atoms with Crippen molar-refractivity contribution in [3.05, 3.63) is 48.0 Å². The van der Waals surface area contributed by atoms with Crippen LogP contribution in [0, 0.1) is 0 Å². The Hall–Kier alpha value is -3.26. The molecular weight excluding hydrogens is 422 g/mol. The smallest absolute Gasteiger partial charge is 0.251 e. The highest BCUT2D eigenvalue weighted by atomic mass is 16.5. The summed E-state index contributed by atoms with van der Waals surface area (Å²) in [6.45, 7) is 0.373. The van der Waals surface area contributed by atoms with Crippen molar-refractivity contribution >= 4 is 17.5 Å². The summed E-state index contributed by atoms with van der Waals surface area (Å²) >= 11 is 0. The Morgan fingerprint density at radius 2 is 1.55 bits per heavy atom. The molecule has 2 fully saturated rings. The number of hydrogen-bond donors (Lipinski definition) is 2. The molecule has 33 heavy (non-hydrogen) atoms. The Labute approximate surface area is 194 Å². The molecular formula is C25H31N3O5. The number of hydrogen-bond acceptors (Lipinski definition) is 6. The van der Waals surface area contributed by atoms with E-state index in [9.17, 15) is 9.59 Å². The summed E-state index contributed by atoms with van der Waals surface area (Å²) in [6, 6.07) is 13.5. The van der Waals surface area contributed by atoms with Gasteiger partial charge in [-0.15, -0.1) is 0 Å². The van der Waals surface area contributed by atoms with E-state index in [1.54, 1.807) is 12.1 Å². The van der Waals surface area contributed by atoms with Crippen molar-refractivity contribution in [1.29, 1.82) is 0 Å². The van der Waals surface area contributed by atoms with Crippen LogP contribution in [-0.4, -0.2) is 62.7 Å². The van der Waals surface area contributed by atoms with Gasteiger partial charge in [0.15, 0.2) is 11.5 Å². The first-order chi connectivity index (χ1) is 16.0. The number of fused-ring (bicyclic) bond motifs is 2. The number of methoxy groups -OCH3 is 3. The van der Waals surface area contributed by atoms with Crippen molar-refractivity contribution in [2.24, 2.45) is 0 Å². The number of ether oxygens (including phenoxy) is 3. The number of carbonyl (C=O) groups is 2. The van der Waals surface area contributed by atoms with E-state index in [0.717, 1.165) is 31.4 Å². The maximum Gasteiger partial charge on any atom is 0.251 e. The summed E-state index contributed by atoms with van der Waals surface area (Å²) in [5, 5.41) is 6.14. The van der Waals surface area contributed by atoms with E-state index in [0.29, 0.717) is 29.4 Å². The van der Waals surface area contributed by atoms with E-state index >= 15 is 0 Å². The molecule has 0 aromatic heterocycles. The standard InChI is InChI=1S/C25H31N3O5/c1-31-21-11-16(12-22(32-2)24(21)33-3)25(30)27-18-13-19-9-10-20(14-18)28(19)15-23(29)26-17-7-5-4-6-8-17/h4-8,11-12,18-20H,9-10,13-15H2,1-3H3,(H,26,29)(H,27,30)/t18?,19-,20+. The van der Waals surface area contributed by atoms with Gasteiger partial charge in [-0.25, -0.2) is 0 Å². The maximum absolute atomic E-state index is 13.0. The van der Waals surface area contributed by atoms with Crippen molar-refractivity contribution in [3.63, 3.8) is 0 Å². The third-order valence-electron chi connectivity index (χ3n) is 6.53.